The van der Waals surface area contributed by atoms with Crippen LogP contribution in [0.1, 0.15) is 11.1 Å². The van der Waals surface area contributed by atoms with E-state index in [4.69, 9.17) is 11.5 Å². The summed E-state index contributed by atoms with van der Waals surface area (Å²) in [4.78, 5) is 2.24. The van der Waals surface area contributed by atoms with Gasteiger partial charge in [-0.1, -0.05) is 18.2 Å². The molecule has 116 valence electrons. The first-order valence-electron chi connectivity index (χ1n) is 7.63. The summed E-state index contributed by atoms with van der Waals surface area (Å²) < 4.78 is 0. The number of anilines is 5. The fraction of sp³-hybridized carbons (Fsp3) is 0.100. The summed E-state index contributed by atoms with van der Waals surface area (Å²) in [5, 5.41) is 0. The standard InChI is InChI=1S/C20H21N3/c1-14-4-3-5-15(2)20(14)23(18-10-6-16(21)7-11-18)19-12-8-17(22)9-13-19/h3-13H,21-22H2,1-2H3. The Morgan fingerprint density at radius 2 is 1.00 bits per heavy atom. The highest BCUT2D eigenvalue weighted by molar-refractivity contribution is 5.81. The molecule has 0 amide bonds. The number of hydrogen-bond donors (Lipinski definition) is 2. The van der Waals surface area contributed by atoms with E-state index in [0.29, 0.717) is 0 Å². The third kappa shape index (κ3) is 2.99. The Kier molecular flexibility index (Phi) is 3.94. The van der Waals surface area contributed by atoms with Crippen LogP contribution in [0.5, 0.6) is 0 Å². The normalized spacial score (nSPS) is 10.5. The third-order valence-electron chi connectivity index (χ3n) is 3.97. The summed E-state index contributed by atoms with van der Waals surface area (Å²) in [6.07, 6.45) is 0. The SMILES string of the molecule is Cc1cccc(C)c1N(c1ccc(N)cc1)c1ccc(N)cc1. The second-order valence-electron chi connectivity index (χ2n) is 5.76. The maximum Gasteiger partial charge on any atom is 0.0519 e. The Labute approximate surface area is 137 Å². The largest absolute Gasteiger partial charge is 0.399 e. The molecule has 0 fully saturated rings. The minimum atomic E-state index is 0.757. The zero-order valence-electron chi connectivity index (χ0n) is 13.5. The molecule has 0 saturated carbocycles. The van der Waals surface area contributed by atoms with Crippen LogP contribution in [-0.4, -0.2) is 0 Å². The number of hydrogen-bond acceptors (Lipinski definition) is 3. The lowest BCUT2D eigenvalue weighted by molar-refractivity contribution is 1.22. The summed E-state index contributed by atoms with van der Waals surface area (Å²) >= 11 is 0. The number of aryl methyl sites for hydroxylation is 2. The van der Waals surface area contributed by atoms with Crippen LogP contribution in [0.3, 0.4) is 0 Å². The van der Waals surface area contributed by atoms with Gasteiger partial charge in [-0.2, -0.15) is 0 Å². The molecule has 0 spiro atoms. The Morgan fingerprint density at radius 1 is 0.609 bits per heavy atom. The molecule has 0 saturated heterocycles. The summed E-state index contributed by atoms with van der Waals surface area (Å²) in [6.45, 7) is 4.26. The highest BCUT2D eigenvalue weighted by Gasteiger charge is 2.16. The molecule has 3 aromatic rings. The van der Waals surface area contributed by atoms with E-state index in [0.717, 1.165) is 22.7 Å². The molecule has 0 aliphatic heterocycles. The van der Waals surface area contributed by atoms with Gasteiger partial charge in [0, 0.05) is 22.7 Å². The maximum atomic E-state index is 5.85. The van der Waals surface area contributed by atoms with Crippen molar-refractivity contribution in [3.8, 4) is 0 Å². The van der Waals surface area contributed by atoms with E-state index < -0.39 is 0 Å². The molecule has 0 heterocycles. The second kappa shape index (κ2) is 6.05. The fourth-order valence-corrected chi connectivity index (χ4v) is 2.81. The fourth-order valence-electron chi connectivity index (χ4n) is 2.81. The van der Waals surface area contributed by atoms with Crippen LogP contribution in [-0.2, 0) is 0 Å². The van der Waals surface area contributed by atoms with Crippen LogP contribution < -0.4 is 16.4 Å². The molecule has 4 N–H and O–H groups in total. The topological polar surface area (TPSA) is 55.3 Å². The maximum absolute atomic E-state index is 5.85. The zero-order valence-corrected chi connectivity index (χ0v) is 13.5. The van der Waals surface area contributed by atoms with Gasteiger partial charge < -0.3 is 16.4 Å². The molecule has 0 bridgehead atoms. The van der Waals surface area contributed by atoms with E-state index in [1.807, 2.05) is 48.5 Å². The molecule has 3 rings (SSSR count). The van der Waals surface area contributed by atoms with Crippen LogP contribution in [0.4, 0.5) is 28.4 Å². The van der Waals surface area contributed by atoms with Gasteiger partial charge in [0.2, 0.25) is 0 Å². The number of benzene rings is 3. The molecule has 0 radical (unpaired) electrons. The Balaban J connectivity index is 2.21. The molecular formula is C20H21N3. The summed E-state index contributed by atoms with van der Waals surface area (Å²) in [6, 6.07) is 22.2. The highest BCUT2D eigenvalue weighted by atomic mass is 15.1. The van der Waals surface area contributed by atoms with Crippen molar-refractivity contribution in [2.45, 2.75) is 13.8 Å². The lowest BCUT2D eigenvalue weighted by Gasteiger charge is -2.28. The van der Waals surface area contributed by atoms with Crippen LogP contribution >= 0.6 is 0 Å². The van der Waals surface area contributed by atoms with Gasteiger partial charge in [0.15, 0.2) is 0 Å². The van der Waals surface area contributed by atoms with E-state index in [2.05, 4.69) is 36.9 Å². The third-order valence-corrected chi connectivity index (χ3v) is 3.97. The van der Waals surface area contributed by atoms with Crippen molar-refractivity contribution in [3.05, 3.63) is 77.9 Å². The van der Waals surface area contributed by atoms with E-state index in [-0.39, 0.29) is 0 Å². The minimum Gasteiger partial charge on any atom is -0.399 e. The van der Waals surface area contributed by atoms with Gasteiger partial charge in [-0.25, -0.2) is 0 Å². The van der Waals surface area contributed by atoms with Gasteiger partial charge in [0.1, 0.15) is 0 Å². The first kappa shape index (κ1) is 15.0. The molecule has 0 atom stereocenters. The van der Waals surface area contributed by atoms with Crippen molar-refractivity contribution in [1.82, 2.24) is 0 Å². The molecule has 3 aromatic carbocycles. The number of para-hydroxylation sites is 1. The van der Waals surface area contributed by atoms with E-state index in [9.17, 15) is 0 Å². The van der Waals surface area contributed by atoms with Gasteiger partial charge in [-0.3, -0.25) is 0 Å². The lowest BCUT2D eigenvalue weighted by Crippen LogP contribution is -2.13. The quantitative estimate of drug-likeness (QED) is 0.674. The molecule has 0 aliphatic carbocycles. The van der Waals surface area contributed by atoms with Crippen LogP contribution in [0, 0.1) is 13.8 Å². The van der Waals surface area contributed by atoms with Crippen molar-refractivity contribution in [2.24, 2.45) is 0 Å². The molecule has 0 unspecified atom stereocenters. The number of nitrogen functional groups attached to an aromatic ring is 2. The molecule has 0 aromatic heterocycles. The van der Waals surface area contributed by atoms with Crippen molar-refractivity contribution in [1.29, 1.82) is 0 Å². The predicted octanol–water partition coefficient (Wildman–Crippen LogP) is 4.94. The van der Waals surface area contributed by atoms with Gasteiger partial charge >= 0.3 is 0 Å². The average molecular weight is 303 g/mol. The van der Waals surface area contributed by atoms with Crippen LogP contribution in [0.15, 0.2) is 66.7 Å². The first-order valence-corrected chi connectivity index (χ1v) is 7.63. The van der Waals surface area contributed by atoms with Gasteiger partial charge in [0.25, 0.3) is 0 Å². The smallest absolute Gasteiger partial charge is 0.0519 e. The number of nitrogens with zero attached hydrogens (tertiary/aromatic N) is 1. The monoisotopic (exact) mass is 303 g/mol. The second-order valence-corrected chi connectivity index (χ2v) is 5.76. The average Bonchev–Trinajstić information content (AvgIpc) is 2.53. The van der Waals surface area contributed by atoms with E-state index >= 15 is 0 Å². The first-order chi connectivity index (χ1) is 11.1. The van der Waals surface area contributed by atoms with Crippen LogP contribution in [0.25, 0.3) is 0 Å². The van der Waals surface area contributed by atoms with E-state index in [1.165, 1.54) is 16.8 Å². The Bertz CT molecular complexity index is 740. The molecule has 0 aliphatic rings. The van der Waals surface area contributed by atoms with Crippen molar-refractivity contribution in [2.75, 3.05) is 16.4 Å². The van der Waals surface area contributed by atoms with Gasteiger partial charge in [0.05, 0.1) is 5.69 Å². The molecule has 3 nitrogen and oxygen atoms in total. The highest BCUT2D eigenvalue weighted by Crippen LogP contribution is 2.38. The summed E-state index contributed by atoms with van der Waals surface area (Å²) in [7, 11) is 0. The minimum absolute atomic E-state index is 0.757. The van der Waals surface area contributed by atoms with E-state index in [1.54, 1.807) is 0 Å². The summed E-state index contributed by atoms with van der Waals surface area (Å²) in [5.74, 6) is 0. The molecular weight excluding hydrogens is 282 g/mol. The zero-order chi connectivity index (χ0) is 16.4. The Morgan fingerprint density at radius 3 is 1.39 bits per heavy atom. The van der Waals surface area contributed by atoms with Crippen molar-refractivity contribution in [3.63, 3.8) is 0 Å². The van der Waals surface area contributed by atoms with Crippen LogP contribution in [0.2, 0.25) is 0 Å². The van der Waals surface area contributed by atoms with Crippen molar-refractivity contribution >= 4 is 28.4 Å². The van der Waals surface area contributed by atoms with Gasteiger partial charge in [-0.15, -0.1) is 0 Å². The Hall–Kier alpha value is -2.94. The molecule has 3 heteroatoms. The number of rotatable bonds is 3. The van der Waals surface area contributed by atoms with Crippen molar-refractivity contribution < 1.29 is 0 Å². The number of nitrogens with two attached hydrogens (primary N) is 2. The van der Waals surface area contributed by atoms with Gasteiger partial charge in [-0.05, 0) is 73.5 Å². The molecule has 23 heavy (non-hydrogen) atoms. The lowest BCUT2D eigenvalue weighted by atomic mass is 10.1. The predicted molar refractivity (Wildman–Crippen MR) is 99.4 cm³/mol. The summed E-state index contributed by atoms with van der Waals surface area (Å²) in [5.41, 5.74) is 19.0.